The van der Waals surface area contributed by atoms with Crippen LogP contribution in [0.15, 0.2) is 29.2 Å². The molecule has 0 aromatic heterocycles. The summed E-state index contributed by atoms with van der Waals surface area (Å²) in [6, 6.07) is 4.83. The summed E-state index contributed by atoms with van der Waals surface area (Å²) in [4.78, 5) is 10.5. The first-order chi connectivity index (χ1) is 7.86. The molecular formula is C10H12O6S. The Morgan fingerprint density at radius 2 is 2.00 bits per heavy atom. The summed E-state index contributed by atoms with van der Waals surface area (Å²) in [6.07, 6.45) is -1.38. The van der Waals surface area contributed by atoms with Crippen molar-refractivity contribution >= 4 is 15.8 Å². The first kappa shape index (κ1) is 13.6. The largest absolute Gasteiger partial charge is 0.478 e. The van der Waals surface area contributed by atoms with Gasteiger partial charge in [-0.05, 0) is 18.2 Å². The van der Waals surface area contributed by atoms with Gasteiger partial charge in [0.25, 0.3) is 0 Å². The Morgan fingerprint density at radius 1 is 1.35 bits per heavy atom. The molecule has 0 aliphatic heterocycles. The summed E-state index contributed by atoms with van der Waals surface area (Å²) in [7, 11) is -3.80. The van der Waals surface area contributed by atoms with Gasteiger partial charge in [-0.3, -0.25) is 0 Å². The Balaban J connectivity index is 3.07. The average Bonchev–Trinajstić information content (AvgIpc) is 2.28. The van der Waals surface area contributed by atoms with E-state index in [1.54, 1.807) is 0 Å². The van der Waals surface area contributed by atoms with E-state index in [4.69, 9.17) is 15.3 Å². The SMILES string of the molecule is O=C(O)c1cccc(S(=O)(=O)CC(O)CO)c1. The summed E-state index contributed by atoms with van der Waals surface area (Å²) in [5, 5.41) is 26.4. The summed E-state index contributed by atoms with van der Waals surface area (Å²) in [5.41, 5.74) is -0.149. The molecule has 6 nitrogen and oxygen atoms in total. The van der Waals surface area contributed by atoms with Gasteiger partial charge in [-0.2, -0.15) is 0 Å². The van der Waals surface area contributed by atoms with Crippen LogP contribution >= 0.6 is 0 Å². The third kappa shape index (κ3) is 3.52. The van der Waals surface area contributed by atoms with Crippen molar-refractivity contribution in [2.75, 3.05) is 12.4 Å². The van der Waals surface area contributed by atoms with Gasteiger partial charge in [0.15, 0.2) is 9.84 Å². The molecule has 0 saturated carbocycles. The zero-order valence-electron chi connectivity index (χ0n) is 8.78. The van der Waals surface area contributed by atoms with Crippen molar-refractivity contribution in [2.24, 2.45) is 0 Å². The molecule has 1 atom stereocenters. The topological polar surface area (TPSA) is 112 Å². The van der Waals surface area contributed by atoms with Crippen molar-refractivity contribution < 1.29 is 28.5 Å². The number of aliphatic hydroxyl groups is 2. The van der Waals surface area contributed by atoms with Crippen LogP contribution in [0, 0.1) is 0 Å². The molecule has 1 unspecified atom stereocenters. The Kier molecular flexibility index (Phi) is 4.22. The fourth-order valence-corrected chi connectivity index (χ4v) is 2.62. The highest BCUT2D eigenvalue weighted by Gasteiger charge is 2.20. The number of rotatable bonds is 5. The number of carbonyl (C=O) groups is 1. The third-order valence-corrected chi connectivity index (χ3v) is 3.86. The van der Waals surface area contributed by atoms with Crippen LogP contribution in [-0.4, -0.2) is 48.2 Å². The lowest BCUT2D eigenvalue weighted by atomic mass is 10.2. The number of aliphatic hydroxyl groups excluding tert-OH is 2. The van der Waals surface area contributed by atoms with Crippen molar-refractivity contribution in [3.8, 4) is 0 Å². The van der Waals surface area contributed by atoms with Crippen molar-refractivity contribution in [3.05, 3.63) is 29.8 Å². The molecule has 3 N–H and O–H groups in total. The van der Waals surface area contributed by atoms with Gasteiger partial charge >= 0.3 is 5.97 Å². The molecule has 0 heterocycles. The average molecular weight is 260 g/mol. The maximum Gasteiger partial charge on any atom is 0.335 e. The van der Waals surface area contributed by atoms with Crippen molar-refractivity contribution in [1.29, 1.82) is 0 Å². The van der Waals surface area contributed by atoms with Crippen LogP contribution < -0.4 is 0 Å². The first-order valence-electron chi connectivity index (χ1n) is 4.72. The molecule has 0 aliphatic rings. The number of hydrogen-bond donors (Lipinski definition) is 3. The minimum atomic E-state index is -3.80. The lowest BCUT2D eigenvalue weighted by molar-refractivity contribution is 0.0696. The molecule has 1 aromatic carbocycles. The van der Waals surface area contributed by atoms with Gasteiger partial charge in [0, 0.05) is 0 Å². The minimum absolute atomic E-state index is 0.149. The molecule has 0 saturated heterocycles. The summed E-state index contributed by atoms with van der Waals surface area (Å²) in [5.74, 6) is -1.88. The van der Waals surface area contributed by atoms with E-state index in [9.17, 15) is 13.2 Å². The van der Waals surface area contributed by atoms with E-state index in [0.29, 0.717) is 0 Å². The molecule has 7 heteroatoms. The lowest BCUT2D eigenvalue weighted by Gasteiger charge is -2.08. The molecule has 0 fully saturated rings. The number of aromatic carboxylic acids is 1. The van der Waals surface area contributed by atoms with Crippen LogP contribution in [0.25, 0.3) is 0 Å². The predicted octanol–water partition coefficient (Wildman–Crippen LogP) is -0.488. The fraction of sp³-hybridized carbons (Fsp3) is 0.300. The second kappa shape index (κ2) is 5.26. The maximum absolute atomic E-state index is 11.7. The van der Waals surface area contributed by atoms with Crippen LogP contribution in [0.3, 0.4) is 0 Å². The molecule has 0 radical (unpaired) electrons. The van der Waals surface area contributed by atoms with E-state index in [2.05, 4.69) is 0 Å². The molecule has 94 valence electrons. The predicted molar refractivity (Wildman–Crippen MR) is 58.5 cm³/mol. The van der Waals surface area contributed by atoms with Crippen molar-refractivity contribution in [2.45, 2.75) is 11.0 Å². The molecule has 0 aliphatic carbocycles. The molecule has 0 bridgehead atoms. The highest BCUT2D eigenvalue weighted by molar-refractivity contribution is 7.91. The molecule has 0 amide bonds. The van der Waals surface area contributed by atoms with Gasteiger partial charge in [-0.25, -0.2) is 13.2 Å². The second-order valence-electron chi connectivity index (χ2n) is 3.45. The van der Waals surface area contributed by atoms with Gasteiger partial charge in [-0.1, -0.05) is 6.07 Å². The van der Waals surface area contributed by atoms with Crippen LogP contribution in [0.5, 0.6) is 0 Å². The fourth-order valence-electron chi connectivity index (χ4n) is 1.22. The first-order valence-corrected chi connectivity index (χ1v) is 6.37. The van der Waals surface area contributed by atoms with Gasteiger partial charge in [-0.15, -0.1) is 0 Å². The summed E-state index contributed by atoms with van der Waals surface area (Å²) < 4.78 is 23.4. The van der Waals surface area contributed by atoms with Gasteiger partial charge < -0.3 is 15.3 Å². The van der Waals surface area contributed by atoms with E-state index in [0.717, 1.165) is 6.07 Å². The standard InChI is InChI=1S/C10H12O6S/c11-5-8(12)6-17(15,16)9-3-1-2-7(4-9)10(13)14/h1-4,8,11-12H,5-6H2,(H,13,14). The van der Waals surface area contributed by atoms with Crippen molar-refractivity contribution in [1.82, 2.24) is 0 Å². The van der Waals surface area contributed by atoms with E-state index in [1.165, 1.54) is 18.2 Å². The minimum Gasteiger partial charge on any atom is -0.478 e. The molecular weight excluding hydrogens is 248 g/mol. The number of benzene rings is 1. The molecule has 0 spiro atoms. The zero-order valence-corrected chi connectivity index (χ0v) is 9.59. The number of sulfone groups is 1. The summed E-state index contributed by atoms with van der Waals surface area (Å²) >= 11 is 0. The van der Waals surface area contributed by atoms with E-state index >= 15 is 0 Å². The normalized spacial score (nSPS) is 13.3. The van der Waals surface area contributed by atoms with Crippen LogP contribution in [-0.2, 0) is 9.84 Å². The maximum atomic E-state index is 11.7. The highest BCUT2D eigenvalue weighted by Crippen LogP contribution is 2.14. The smallest absolute Gasteiger partial charge is 0.335 e. The summed E-state index contributed by atoms with van der Waals surface area (Å²) in [6.45, 7) is -0.669. The number of carboxylic acid groups (broad SMARTS) is 1. The molecule has 17 heavy (non-hydrogen) atoms. The quantitative estimate of drug-likeness (QED) is 0.658. The Bertz CT molecular complexity index is 507. The van der Waals surface area contributed by atoms with Crippen LogP contribution in [0.2, 0.25) is 0 Å². The molecule has 1 rings (SSSR count). The van der Waals surface area contributed by atoms with Crippen LogP contribution in [0.1, 0.15) is 10.4 Å². The highest BCUT2D eigenvalue weighted by atomic mass is 32.2. The Morgan fingerprint density at radius 3 is 2.53 bits per heavy atom. The zero-order chi connectivity index (χ0) is 13.1. The van der Waals surface area contributed by atoms with E-state index < -0.39 is 34.3 Å². The second-order valence-corrected chi connectivity index (χ2v) is 5.49. The number of carboxylic acids is 1. The monoisotopic (exact) mass is 260 g/mol. The van der Waals surface area contributed by atoms with E-state index in [-0.39, 0.29) is 10.5 Å². The third-order valence-electron chi connectivity index (χ3n) is 2.06. The molecule has 1 aromatic rings. The van der Waals surface area contributed by atoms with Gasteiger partial charge in [0.1, 0.15) is 0 Å². The van der Waals surface area contributed by atoms with Crippen molar-refractivity contribution in [3.63, 3.8) is 0 Å². The Hall–Kier alpha value is -1.44. The number of hydrogen-bond acceptors (Lipinski definition) is 5. The Labute approximate surface area is 98.1 Å². The van der Waals surface area contributed by atoms with Gasteiger partial charge in [0.05, 0.1) is 28.9 Å². The van der Waals surface area contributed by atoms with Gasteiger partial charge in [0.2, 0.25) is 0 Å². The van der Waals surface area contributed by atoms with Crippen LogP contribution in [0.4, 0.5) is 0 Å². The lowest BCUT2D eigenvalue weighted by Crippen LogP contribution is -2.24. The van der Waals surface area contributed by atoms with E-state index in [1.807, 2.05) is 0 Å².